The monoisotopic (exact) mass is 338 g/mol. The Morgan fingerprint density at radius 1 is 1.21 bits per heavy atom. The molecule has 0 amide bonds. The molecule has 1 aliphatic heterocycles. The summed E-state index contributed by atoms with van der Waals surface area (Å²) in [7, 11) is 0. The smallest absolute Gasteiger partial charge is 0.363 e. The first-order valence-electron chi connectivity index (χ1n) is 7.04. The Morgan fingerprint density at radius 2 is 1.96 bits per heavy atom. The summed E-state index contributed by atoms with van der Waals surface area (Å²) in [6, 6.07) is 15.9. The quantitative estimate of drug-likeness (QED) is 0.631. The van der Waals surface area contributed by atoms with Crippen LogP contribution in [0.4, 0.5) is 0 Å². The summed E-state index contributed by atoms with van der Waals surface area (Å²) in [5, 5.41) is 8.94. The maximum atomic E-state index is 12.0. The molecule has 0 aliphatic carbocycles. The molecule has 0 saturated carbocycles. The number of carbonyl (C=O) groups excluding carboxylic acids is 1. The zero-order valence-corrected chi connectivity index (χ0v) is 13.2. The SMILES string of the molecule is N#CCOc1ccc(/C=C2\N=C(c3ccccc3Cl)OC2=O)cc1. The van der Waals surface area contributed by atoms with Gasteiger partial charge in [0.15, 0.2) is 12.3 Å². The lowest BCUT2D eigenvalue weighted by Gasteiger charge is -2.01. The molecule has 3 rings (SSSR count). The third-order valence-electron chi connectivity index (χ3n) is 3.21. The van der Waals surface area contributed by atoms with E-state index >= 15 is 0 Å². The fourth-order valence-electron chi connectivity index (χ4n) is 2.09. The van der Waals surface area contributed by atoms with Crippen molar-refractivity contribution in [2.24, 2.45) is 4.99 Å². The number of nitriles is 1. The minimum absolute atomic E-state index is 0.0156. The number of aliphatic imine (C=N–C) groups is 1. The van der Waals surface area contributed by atoms with Gasteiger partial charge in [0.05, 0.1) is 10.6 Å². The Morgan fingerprint density at radius 3 is 2.67 bits per heavy atom. The zero-order chi connectivity index (χ0) is 16.9. The number of nitrogens with zero attached hydrogens (tertiary/aromatic N) is 2. The third kappa shape index (κ3) is 3.45. The molecule has 0 bridgehead atoms. The van der Waals surface area contributed by atoms with Crippen LogP contribution in [0.15, 0.2) is 59.2 Å². The number of carbonyl (C=O) groups is 1. The second kappa shape index (κ2) is 6.99. The van der Waals surface area contributed by atoms with Crippen LogP contribution in [0.5, 0.6) is 5.75 Å². The molecule has 0 atom stereocenters. The van der Waals surface area contributed by atoms with Gasteiger partial charge in [0.25, 0.3) is 0 Å². The van der Waals surface area contributed by atoms with Crippen molar-refractivity contribution < 1.29 is 14.3 Å². The molecule has 24 heavy (non-hydrogen) atoms. The number of hydrogen-bond donors (Lipinski definition) is 0. The Balaban J connectivity index is 1.84. The van der Waals surface area contributed by atoms with Crippen LogP contribution in [-0.2, 0) is 9.53 Å². The summed E-state index contributed by atoms with van der Waals surface area (Å²) in [4.78, 5) is 16.2. The first-order chi connectivity index (χ1) is 11.7. The molecule has 0 fully saturated rings. The number of hydrogen-bond acceptors (Lipinski definition) is 5. The van der Waals surface area contributed by atoms with Crippen LogP contribution in [0.3, 0.4) is 0 Å². The molecule has 6 heteroatoms. The Labute approximate surface area is 143 Å². The fourth-order valence-corrected chi connectivity index (χ4v) is 2.31. The predicted molar refractivity (Wildman–Crippen MR) is 89.6 cm³/mol. The van der Waals surface area contributed by atoms with Crippen LogP contribution in [-0.4, -0.2) is 18.5 Å². The third-order valence-corrected chi connectivity index (χ3v) is 3.54. The molecule has 0 radical (unpaired) electrons. The number of esters is 1. The summed E-state index contributed by atoms with van der Waals surface area (Å²) in [6.07, 6.45) is 1.61. The summed E-state index contributed by atoms with van der Waals surface area (Å²) < 4.78 is 10.4. The van der Waals surface area contributed by atoms with E-state index in [0.717, 1.165) is 5.56 Å². The molecule has 0 spiro atoms. The Kier molecular flexibility index (Phi) is 4.59. The highest BCUT2D eigenvalue weighted by Gasteiger charge is 2.25. The van der Waals surface area contributed by atoms with Crippen LogP contribution in [0.1, 0.15) is 11.1 Å². The van der Waals surface area contributed by atoms with Gasteiger partial charge in [-0.15, -0.1) is 0 Å². The maximum Gasteiger partial charge on any atom is 0.363 e. The number of rotatable bonds is 4. The number of cyclic esters (lactones) is 1. The molecule has 118 valence electrons. The predicted octanol–water partition coefficient (Wildman–Crippen LogP) is 3.59. The van der Waals surface area contributed by atoms with Crippen molar-refractivity contribution in [3.8, 4) is 11.8 Å². The van der Waals surface area contributed by atoms with Crippen molar-refractivity contribution in [3.05, 3.63) is 70.4 Å². The Hall–Kier alpha value is -3.10. The highest BCUT2D eigenvalue weighted by Crippen LogP contribution is 2.24. The van der Waals surface area contributed by atoms with E-state index in [2.05, 4.69) is 4.99 Å². The van der Waals surface area contributed by atoms with Gasteiger partial charge in [-0.05, 0) is 35.9 Å². The average Bonchev–Trinajstić information content (AvgIpc) is 2.95. The van der Waals surface area contributed by atoms with Crippen molar-refractivity contribution in [3.63, 3.8) is 0 Å². The largest absolute Gasteiger partial charge is 0.479 e. The molecule has 0 saturated heterocycles. The standard InChI is InChI=1S/C18H11ClN2O3/c19-15-4-2-1-3-14(15)17-21-16(18(22)24-17)11-12-5-7-13(8-6-12)23-10-9-20/h1-8,11H,10H2/b16-11-. The highest BCUT2D eigenvalue weighted by atomic mass is 35.5. The van der Waals surface area contributed by atoms with E-state index in [1.165, 1.54) is 0 Å². The number of halogens is 1. The van der Waals surface area contributed by atoms with E-state index < -0.39 is 5.97 Å². The molecule has 5 nitrogen and oxygen atoms in total. The van der Waals surface area contributed by atoms with E-state index in [1.807, 2.05) is 6.07 Å². The van der Waals surface area contributed by atoms with Gasteiger partial charge in [0.1, 0.15) is 11.8 Å². The lowest BCUT2D eigenvalue weighted by atomic mass is 10.2. The van der Waals surface area contributed by atoms with Crippen LogP contribution in [0, 0.1) is 11.3 Å². The van der Waals surface area contributed by atoms with Gasteiger partial charge >= 0.3 is 5.97 Å². The molecular formula is C18H11ClN2O3. The highest BCUT2D eigenvalue weighted by molar-refractivity contribution is 6.34. The van der Waals surface area contributed by atoms with Crippen molar-refractivity contribution in [2.45, 2.75) is 0 Å². The molecule has 0 aromatic heterocycles. The van der Waals surface area contributed by atoms with Gasteiger partial charge in [-0.2, -0.15) is 5.26 Å². The lowest BCUT2D eigenvalue weighted by Crippen LogP contribution is -2.05. The van der Waals surface area contributed by atoms with Gasteiger partial charge < -0.3 is 9.47 Å². The van der Waals surface area contributed by atoms with Gasteiger partial charge in [-0.3, -0.25) is 0 Å². The summed E-state index contributed by atoms with van der Waals surface area (Å²) >= 11 is 6.09. The second-order valence-corrected chi connectivity index (χ2v) is 5.24. The van der Waals surface area contributed by atoms with E-state index in [4.69, 9.17) is 26.3 Å². The maximum absolute atomic E-state index is 12.0. The lowest BCUT2D eigenvalue weighted by molar-refractivity contribution is -0.129. The van der Waals surface area contributed by atoms with Gasteiger partial charge in [-0.25, -0.2) is 9.79 Å². The van der Waals surface area contributed by atoms with Crippen LogP contribution in [0.25, 0.3) is 6.08 Å². The zero-order valence-electron chi connectivity index (χ0n) is 12.4. The van der Waals surface area contributed by atoms with Crippen molar-refractivity contribution in [2.75, 3.05) is 6.61 Å². The molecular weight excluding hydrogens is 328 g/mol. The molecule has 1 heterocycles. The van der Waals surface area contributed by atoms with Gasteiger partial charge in [0.2, 0.25) is 5.90 Å². The van der Waals surface area contributed by atoms with Crippen molar-refractivity contribution in [1.29, 1.82) is 5.26 Å². The topological polar surface area (TPSA) is 71.7 Å². The van der Waals surface area contributed by atoms with Crippen molar-refractivity contribution >= 4 is 29.5 Å². The summed E-state index contributed by atoms with van der Waals surface area (Å²) in [5.74, 6) is 0.230. The van der Waals surface area contributed by atoms with Gasteiger partial charge in [-0.1, -0.05) is 35.9 Å². The Bertz CT molecular complexity index is 880. The van der Waals surface area contributed by atoms with E-state index in [1.54, 1.807) is 54.6 Å². The van der Waals surface area contributed by atoms with Crippen LogP contribution >= 0.6 is 11.6 Å². The van der Waals surface area contributed by atoms with Gasteiger partial charge in [0, 0.05) is 0 Å². The first kappa shape index (κ1) is 15.8. The van der Waals surface area contributed by atoms with Crippen molar-refractivity contribution in [1.82, 2.24) is 0 Å². The van der Waals surface area contributed by atoms with E-state index in [0.29, 0.717) is 16.3 Å². The molecule has 1 aliphatic rings. The molecule has 2 aromatic carbocycles. The minimum Gasteiger partial charge on any atom is -0.479 e. The molecule has 0 unspecified atom stereocenters. The minimum atomic E-state index is -0.533. The van der Waals surface area contributed by atoms with Crippen LogP contribution < -0.4 is 4.74 Å². The number of ether oxygens (including phenoxy) is 2. The van der Waals surface area contributed by atoms with E-state index in [-0.39, 0.29) is 18.2 Å². The number of benzene rings is 2. The summed E-state index contributed by atoms with van der Waals surface area (Å²) in [6.45, 7) is -0.0156. The molecule has 0 N–H and O–H groups in total. The molecule has 2 aromatic rings. The second-order valence-electron chi connectivity index (χ2n) is 4.83. The van der Waals surface area contributed by atoms with Crippen LogP contribution in [0.2, 0.25) is 5.02 Å². The average molecular weight is 339 g/mol. The van der Waals surface area contributed by atoms with E-state index in [9.17, 15) is 4.79 Å². The normalized spacial score (nSPS) is 14.9. The fraction of sp³-hybridized carbons (Fsp3) is 0.0556. The first-order valence-corrected chi connectivity index (χ1v) is 7.42. The summed E-state index contributed by atoms with van der Waals surface area (Å²) in [5.41, 5.74) is 1.52.